The normalized spacial score (nSPS) is 17.0. The zero-order valence-corrected chi connectivity index (χ0v) is 18.0. The van der Waals surface area contributed by atoms with Crippen molar-refractivity contribution in [2.45, 2.75) is 78.0 Å². The quantitative estimate of drug-likeness (QED) is 0.428. The van der Waals surface area contributed by atoms with Gasteiger partial charge in [-0.25, -0.2) is 0 Å². The van der Waals surface area contributed by atoms with E-state index in [2.05, 4.69) is 13.2 Å². The van der Waals surface area contributed by atoms with Gasteiger partial charge in [0.25, 0.3) is 0 Å². The standard InChI is InChI=1S/C16H26N2O3S.2C2H6/c1-11(2)7-5-4-6-8-18-12(3)9-14(15(18)19)22-10-13(17)16(20)21;2*1-2/h13-14H,1,3-10,17H2,2H3,(H,20,21);2*1-2H3. The van der Waals surface area contributed by atoms with E-state index in [9.17, 15) is 9.59 Å². The fourth-order valence-corrected chi connectivity index (χ4v) is 3.47. The Morgan fingerprint density at radius 3 is 2.38 bits per heavy atom. The van der Waals surface area contributed by atoms with Crippen molar-refractivity contribution in [3.63, 3.8) is 0 Å². The topological polar surface area (TPSA) is 83.6 Å². The van der Waals surface area contributed by atoms with Crippen molar-refractivity contribution in [3.8, 4) is 0 Å². The van der Waals surface area contributed by atoms with Crippen molar-refractivity contribution in [3.05, 3.63) is 24.4 Å². The van der Waals surface area contributed by atoms with Crippen LogP contribution in [0.1, 0.15) is 66.7 Å². The molecule has 0 radical (unpaired) electrons. The van der Waals surface area contributed by atoms with E-state index in [1.54, 1.807) is 4.90 Å². The van der Waals surface area contributed by atoms with Gasteiger partial charge < -0.3 is 15.7 Å². The first kappa shape index (κ1) is 27.0. The molecular formula is C20H38N2O3S. The number of unbranched alkanes of at least 4 members (excludes halogenated alkanes) is 2. The number of nitrogens with two attached hydrogens (primary N) is 1. The number of hydrogen-bond donors (Lipinski definition) is 2. The molecule has 1 saturated heterocycles. The van der Waals surface area contributed by atoms with Crippen molar-refractivity contribution < 1.29 is 14.7 Å². The summed E-state index contributed by atoms with van der Waals surface area (Å²) in [6, 6.07) is -0.928. The lowest BCUT2D eigenvalue weighted by atomic mass is 10.1. The molecule has 0 aliphatic carbocycles. The summed E-state index contributed by atoms with van der Waals surface area (Å²) in [5, 5.41) is 8.53. The molecule has 1 rings (SSSR count). The van der Waals surface area contributed by atoms with Crippen LogP contribution in [0.2, 0.25) is 0 Å². The van der Waals surface area contributed by atoms with Crippen LogP contribution >= 0.6 is 11.8 Å². The maximum absolute atomic E-state index is 12.3. The lowest BCUT2D eigenvalue weighted by Crippen LogP contribution is -2.34. The van der Waals surface area contributed by atoms with Gasteiger partial charge in [-0.05, 0) is 26.2 Å². The molecule has 1 amide bonds. The number of carboxylic acid groups (broad SMARTS) is 1. The van der Waals surface area contributed by atoms with E-state index >= 15 is 0 Å². The maximum atomic E-state index is 12.3. The SMILES string of the molecule is C=C(C)CCCCCN1C(=C)CC(SCC(N)C(=O)O)C1=O.CC.CC. The second-order valence-electron chi connectivity index (χ2n) is 5.79. The number of allylic oxidation sites excluding steroid dienone is 2. The number of aliphatic carboxylic acids is 1. The molecule has 1 aliphatic rings. The number of amides is 1. The first-order valence-electron chi connectivity index (χ1n) is 9.56. The van der Waals surface area contributed by atoms with Gasteiger partial charge in [0.15, 0.2) is 0 Å². The van der Waals surface area contributed by atoms with Gasteiger partial charge in [-0.2, -0.15) is 0 Å². The van der Waals surface area contributed by atoms with Crippen LogP contribution in [0, 0.1) is 0 Å². The molecule has 152 valence electrons. The Labute approximate surface area is 164 Å². The third-order valence-electron chi connectivity index (χ3n) is 3.62. The van der Waals surface area contributed by atoms with E-state index < -0.39 is 12.0 Å². The molecule has 1 fully saturated rings. The molecule has 1 heterocycles. The summed E-state index contributed by atoms with van der Waals surface area (Å²) in [6.45, 7) is 18.5. The first-order valence-corrected chi connectivity index (χ1v) is 10.6. The highest BCUT2D eigenvalue weighted by Gasteiger charge is 2.35. The number of rotatable bonds is 10. The molecule has 2 unspecified atom stereocenters. The fourth-order valence-electron chi connectivity index (χ4n) is 2.30. The Balaban J connectivity index is 0. The molecule has 26 heavy (non-hydrogen) atoms. The highest BCUT2D eigenvalue weighted by atomic mass is 32.2. The number of carboxylic acids is 1. The molecule has 0 bridgehead atoms. The molecular weight excluding hydrogens is 348 g/mol. The zero-order chi connectivity index (χ0) is 20.7. The van der Waals surface area contributed by atoms with Crippen LogP contribution in [0.25, 0.3) is 0 Å². The Morgan fingerprint density at radius 1 is 1.31 bits per heavy atom. The van der Waals surface area contributed by atoms with Gasteiger partial charge in [0.05, 0.1) is 5.25 Å². The summed E-state index contributed by atoms with van der Waals surface area (Å²) in [5.41, 5.74) is 7.49. The second kappa shape index (κ2) is 15.9. The van der Waals surface area contributed by atoms with Crippen LogP contribution < -0.4 is 5.73 Å². The average molecular weight is 387 g/mol. The summed E-state index contributed by atoms with van der Waals surface area (Å²) in [7, 11) is 0. The van der Waals surface area contributed by atoms with E-state index in [-0.39, 0.29) is 16.9 Å². The predicted molar refractivity (Wildman–Crippen MR) is 113 cm³/mol. The molecule has 6 heteroatoms. The van der Waals surface area contributed by atoms with Gasteiger partial charge in [-0.15, -0.1) is 18.3 Å². The van der Waals surface area contributed by atoms with Gasteiger partial charge in [0, 0.05) is 24.4 Å². The molecule has 0 aromatic heterocycles. The van der Waals surface area contributed by atoms with Crippen molar-refractivity contribution in [1.82, 2.24) is 4.90 Å². The monoisotopic (exact) mass is 386 g/mol. The number of thioether (sulfide) groups is 1. The summed E-state index contributed by atoms with van der Waals surface area (Å²) in [5.74, 6) is -0.760. The Morgan fingerprint density at radius 2 is 1.88 bits per heavy atom. The van der Waals surface area contributed by atoms with Crippen LogP contribution in [-0.2, 0) is 9.59 Å². The number of carbonyl (C=O) groups excluding carboxylic acids is 1. The Hall–Kier alpha value is -1.27. The van der Waals surface area contributed by atoms with E-state index in [1.807, 2.05) is 34.6 Å². The molecule has 2 atom stereocenters. The van der Waals surface area contributed by atoms with Gasteiger partial charge in [-0.3, -0.25) is 9.59 Å². The van der Waals surface area contributed by atoms with E-state index in [1.165, 1.54) is 17.3 Å². The largest absolute Gasteiger partial charge is 0.480 e. The van der Waals surface area contributed by atoms with Crippen molar-refractivity contribution in [2.75, 3.05) is 12.3 Å². The highest BCUT2D eigenvalue weighted by molar-refractivity contribution is 8.00. The summed E-state index contributed by atoms with van der Waals surface area (Å²) in [4.78, 5) is 24.8. The summed E-state index contributed by atoms with van der Waals surface area (Å²) < 4.78 is 0. The maximum Gasteiger partial charge on any atom is 0.321 e. The molecule has 3 N–H and O–H groups in total. The zero-order valence-electron chi connectivity index (χ0n) is 17.2. The minimum absolute atomic E-state index is 0.0347. The minimum Gasteiger partial charge on any atom is -0.480 e. The number of nitrogens with zero attached hydrogens (tertiary/aromatic N) is 1. The van der Waals surface area contributed by atoms with Crippen LogP contribution in [0.3, 0.4) is 0 Å². The lowest BCUT2D eigenvalue weighted by Gasteiger charge is -2.17. The number of hydrogen-bond acceptors (Lipinski definition) is 4. The van der Waals surface area contributed by atoms with Gasteiger partial charge >= 0.3 is 5.97 Å². The average Bonchev–Trinajstić information content (AvgIpc) is 2.89. The van der Waals surface area contributed by atoms with Crippen molar-refractivity contribution >= 4 is 23.6 Å². The van der Waals surface area contributed by atoms with E-state index in [0.29, 0.717) is 13.0 Å². The van der Waals surface area contributed by atoms with Gasteiger partial charge in [-0.1, -0.05) is 46.3 Å². The molecule has 0 spiro atoms. The minimum atomic E-state index is -1.04. The number of likely N-dealkylation sites (tertiary alicyclic amines) is 1. The Bertz CT molecular complexity index is 452. The highest BCUT2D eigenvalue weighted by Crippen LogP contribution is 2.31. The smallest absolute Gasteiger partial charge is 0.321 e. The molecule has 0 aromatic rings. The molecule has 1 aliphatic heterocycles. The predicted octanol–water partition coefficient (Wildman–Crippen LogP) is 4.44. The van der Waals surface area contributed by atoms with E-state index in [4.69, 9.17) is 10.8 Å². The van der Waals surface area contributed by atoms with E-state index in [0.717, 1.165) is 31.4 Å². The second-order valence-corrected chi connectivity index (χ2v) is 7.03. The van der Waals surface area contributed by atoms with Crippen LogP contribution in [0.15, 0.2) is 24.4 Å². The lowest BCUT2D eigenvalue weighted by molar-refractivity contribution is -0.138. The molecule has 5 nitrogen and oxygen atoms in total. The fraction of sp³-hybridized carbons (Fsp3) is 0.700. The Kier molecular flexibility index (Phi) is 16.5. The first-order chi connectivity index (χ1) is 12.3. The van der Waals surface area contributed by atoms with Crippen molar-refractivity contribution in [1.29, 1.82) is 0 Å². The summed E-state index contributed by atoms with van der Waals surface area (Å²) >= 11 is 1.31. The van der Waals surface area contributed by atoms with Crippen LogP contribution in [0.4, 0.5) is 0 Å². The molecule has 0 saturated carbocycles. The van der Waals surface area contributed by atoms with Crippen LogP contribution in [0.5, 0.6) is 0 Å². The van der Waals surface area contributed by atoms with Crippen molar-refractivity contribution in [2.24, 2.45) is 5.73 Å². The van der Waals surface area contributed by atoms with Gasteiger partial charge in [0.1, 0.15) is 6.04 Å². The molecule has 0 aromatic carbocycles. The third kappa shape index (κ3) is 10.7. The van der Waals surface area contributed by atoms with Crippen LogP contribution in [-0.4, -0.2) is 45.5 Å². The number of carbonyl (C=O) groups is 2. The summed E-state index contributed by atoms with van der Waals surface area (Å²) in [6.07, 6.45) is 4.72. The third-order valence-corrected chi connectivity index (χ3v) is 4.95. The van der Waals surface area contributed by atoms with Gasteiger partial charge in [0.2, 0.25) is 5.91 Å².